The van der Waals surface area contributed by atoms with Crippen molar-refractivity contribution in [2.45, 2.75) is 30.3 Å². The van der Waals surface area contributed by atoms with Gasteiger partial charge in [-0.2, -0.15) is 0 Å². The molecule has 150 valence electrons. The lowest BCUT2D eigenvalue weighted by Crippen LogP contribution is -2.52. The van der Waals surface area contributed by atoms with Gasteiger partial charge >= 0.3 is 0 Å². The summed E-state index contributed by atoms with van der Waals surface area (Å²) in [7, 11) is 0. The number of pyridine rings is 1. The van der Waals surface area contributed by atoms with E-state index in [0.29, 0.717) is 5.69 Å². The Hall–Kier alpha value is -2.83. The molecule has 30 heavy (non-hydrogen) atoms. The molecule has 0 saturated carbocycles. The van der Waals surface area contributed by atoms with Crippen LogP contribution in [0.1, 0.15) is 39.7 Å². The molecule has 6 heteroatoms. The largest absolute Gasteiger partial charge is 0.324 e. The monoisotopic (exact) mass is 415 g/mol. The number of aromatic nitrogens is 1. The second-order valence-corrected chi connectivity index (χ2v) is 9.25. The van der Waals surface area contributed by atoms with E-state index in [2.05, 4.69) is 26.6 Å². The molecule has 6 rings (SSSR count). The van der Waals surface area contributed by atoms with Crippen LogP contribution in [0, 0.1) is 5.92 Å². The molecule has 2 saturated heterocycles. The average Bonchev–Trinajstić information content (AvgIpc) is 3.54. The number of Topliss-reactive ketones (excluding diaryl/α,β-unsaturated/α-hetero) is 1. The Balaban J connectivity index is 1.62. The molecule has 1 aromatic carbocycles. The number of hydrogen-bond donors (Lipinski definition) is 1. The van der Waals surface area contributed by atoms with Crippen LogP contribution in [0.15, 0.2) is 66.2 Å². The van der Waals surface area contributed by atoms with Gasteiger partial charge in [0.25, 0.3) is 0 Å². The number of fused-ring (bicyclic) bond motifs is 4. The minimum absolute atomic E-state index is 0.0288. The molecule has 5 nitrogen and oxygen atoms in total. The van der Waals surface area contributed by atoms with E-state index in [9.17, 15) is 9.59 Å². The van der Waals surface area contributed by atoms with Crippen LogP contribution in [0.5, 0.6) is 0 Å². The highest BCUT2D eigenvalue weighted by atomic mass is 32.1. The second kappa shape index (κ2) is 6.59. The fourth-order valence-electron chi connectivity index (χ4n) is 5.98. The van der Waals surface area contributed by atoms with E-state index < -0.39 is 11.5 Å². The summed E-state index contributed by atoms with van der Waals surface area (Å²) >= 11 is 1.68. The van der Waals surface area contributed by atoms with Crippen molar-refractivity contribution in [2.24, 2.45) is 5.92 Å². The Bertz CT molecular complexity index is 1130. The van der Waals surface area contributed by atoms with Crippen molar-refractivity contribution in [1.29, 1.82) is 0 Å². The fourth-order valence-corrected chi connectivity index (χ4v) is 6.90. The molecule has 3 aromatic rings. The summed E-state index contributed by atoms with van der Waals surface area (Å²) in [5.41, 5.74) is 1.19. The number of benzene rings is 1. The molecule has 2 aromatic heterocycles. The van der Waals surface area contributed by atoms with Crippen LogP contribution >= 0.6 is 11.3 Å². The van der Waals surface area contributed by atoms with E-state index in [-0.39, 0.29) is 23.7 Å². The summed E-state index contributed by atoms with van der Waals surface area (Å²) in [6, 6.07) is 17.6. The molecule has 0 radical (unpaired) electrons. The molecule has 3 aliphatic heterocycles. The Morgan fingerprint density at radius 2 is 2.00 bits per heavy atom. The second-order valence-electron chi connectivity index (χ2n) is 8.27. The summed E-state index contributed by atoms with van der Waals surface area (Å²) < 4.78 is 0. The van der Waals surface area contributed by atoms with Gasteiger partial charge in [0.05, 0.1) is 5.92 Å². The maximum absolute atomic E-state index is 14.0. The molecule has 4 atom stereocenters. The highest BCUT2D eigenvalue weighted by Gasteiger charge is 2.69. The fraction of sp³-hybridized carbons (Fsp3) is 0.292. The molecular formula is C24H21N3O2S. The summed E-state index contributed by atoms with van der Waals surface area (Å²) in [5.74, 6) is -0.668. The molecule has 1 N–H and O–H groups in total. The third-order valence-electron chi connectivity index (χ3n) is 6.98. The van der Waals surface area contributed by atoms with Crippen molar-refractivity contribution in [3.05, 3.63) is 82.3 Å². The van der Waals surface area contributed by atoms with Crippen LogP contribution < -0.4 is 5.32 Å². The van der Waals surface area contributed by atoms with Crippen LogP contribution in [-0.4, -0.2) is 34.2 Å². The number of nitrogens with one attached hydrogen (secondary N) is 1. The van der Waals surface area contributed by atoms with E-state index >= 15 is 0 Å². The molecule has 5 heterocycles. The van der Waals surface area contributed by atoms with Crippen molar-refractivity contribution < 1.29 is 9.59 Å². The minimum atomic E-state index is -0.985. The van der Waals surface area contributed by atoms with Gasteiger partial charge in [-0.05, 0) is 49.0 Å². The number of rotatable bonds is 3. The van der Waals surface area contributed by atoms with Crippen molar-refractivity contribution >= 4 is 28.7 Å². The first kappa shape index (κ1) is 18.0. The van der Waals surface area contributed by atoms with Gasteiger partial charge in [-0.25, -0.2) is 0 Å². The SMILES string of the molecule is O=C(c1ccccn1)[C@H]1[C@@H](c2cccs2)[C@H]2CCCN2[C@]12C(=O)Nc1ccccc12. The minimum Gasteiger partial charge on any atom is -0.324 e. The van der Waals surface area contributed by atoms with Gasteiger partial charge in [-0.1, -0.05) is 30.3 Å². The summed E-state index contributed by atoms with van der Waals surface area (Å²) in [6.45, 7) is 0.820. The zero-order chi connectivity index (χ0) is 20.3. The first-order valence-corrected chi connectivity index (χ1v) is 11.3. The smallest absolute Gasteiger partial charge is 0.250 e. The Morgan fingerprint density at radius 3 is 2.80 bits per heavy atom. The van der Waals surface area contributed by atoms with Crippen molar-refractivity contribution in [3.8, 4) is 0 Å². The Labute approximate surface area is 178 Å². The lowest BCUT2D eigenvalue weighted by atomic mass is 9.71. The van der Waals surface area contributed by atoms with Crippen LogP contribution in [-0.2, 0) is 10.3 Å². The number of anilines is 1. The number of nitrogens with zero attached hydrogens (tertiary/aromatic N) is 2. The third kappa shape index (κ3) is 2.23. The van der Waals surface area contributed by atoms with Gasteiger partial charge in [0.2, 0.25) is 5.91 Å². The maximum atomic E-state index is 14.0. The molecular weight excluding hydrogens is 394 g/mol. The van der Waals surface area contributed by atoms with Gasteiger partial charge < -0.3 is 5.32 Å². The van der Waals surface area contributed by atoms with E-state index in [1.807, 2.05) is 42.5 Å². The Morgan fingerprint density at radius 1 is 1.13 bits per heavy atom. The third-order valence-corrected chi connectivity index (χ3v) is 7.95. The quantitative estimate of drug-likeness (QED) is 0.656. The number of carbonyl (C=O) groups is 2. The van der Waals surface area contributed by atoms with Gasteiger partial charge in [0.1, 0.15) is 11.2 Å². The van der Waals surface area contributed by atoms with Crippen molar-refractivity contribution in [1.82, 2.24) is 9.88 Å². The van der Waals surface area contributed by atoms with Gasteiger partial charge in [-0.15, -0.1) is 11.3 Å². The van der Waals surface area contributed by atoms with Gasteiger partial charge in [0, 0.05) is 34.3 Å². The zero-order valence-electron chi connectivity index (χ0n) is 16.3. The molecule has 0 bridgehead atoms. The number of hydrogen-bond acceptors (Lipinski definition) is 5. The van der Waals surface area contributed by atoms with Crippen molar-refractivity contribution in [2.75, 3.05) is 11.9 Å². The zero-order valence-corrected chi connectivity index (χ0v) is 17.1. The highest BCUT2D eigenvalue weighted by Crippen LogP contribution is 2.61. The molecule has 1 amide bonds. The predicted octanol–water partition coefficient (Wildman–Crippen LogP) is 4.05. The molecule has 2 fully saturated rings. The first-order chi connectivity index (χ1) is 14.7. The molecule has 0 aliphatic carbocycles. The molecule has 3 aliphatic rings. The van der Waals surface area contributed by atoms with E-state index in [4.69, 9.17) is 0 Å². The predicted molar refractivity (Wildman–Crippen MR) is 116 cm³/mol. The average molecular weight is 416 g/mol. The molecule has 1 spiro atoms. The normalized spacial score (nSPS) is 29.7. The number of ketones is 1. The van der Waals surface area contributed by atoms with Crippen LogP contribution in [0.4, 0.5) is 5.69 Å². The summed E-state index contributed by atoms with van der Waals surface area (Å²) in [6.07, 6.45) is 3.68. The number of para-hydroxylation sites is 1. The van der Waals surface area contributed by atoms with Crippen LogP contribution in [0.2, 0.25) is 0 Å². The van der Waals surface area contributed by atoms with Crippen LogP contribution in [0.25, 0.3) is 0 Å². The number of thiophene rings is 1. The van der Waals surface area contributed by atoms with Gasteiger partial charge in [0.15, 0.2) is 5.78 Å². The number of amides is 1. The lowest BCUT2D eigenvalue weighted by Gasteiger charge is -2.36. The van der Waals surface area contributed by atoms with E-state index in [1.165, 1.54) is 4.88 Å². The standard InChI is InChI=1S/C24H21N3O2S/c28-22(17-9-3-4-12-25-17)21-20(19-11-6-14-30-19)18-10-5-13-27(18)24(21)15-7-1-2-8-16(15)26-23(24)29/h1-4,6-9,11-12,14,18,20-21H,5,10,13H2,(H,26,29)/t18-,20-,21-,24+/m1/s1. The topological polar surface area (TPSA) is 62.3 Å². The summed E-state index contributed by atoms with van der Waals surface area (Å²) in [5, 5.41) is 5.16. The highest BCUT2D eigenvalue weighted by molar-refractivity contribution is 7.10. The van der Waals surface area contributed by atoms with Crippen molar-refractivity contribution in [3.63, 3.8) is 0 Å². The van der Waals surface area contributed by atoms with E-state index in [0.717, 1.165) is 30.6 Å². The lowest BCUT2D eigenvalue weighted by molar-refractivity contribution is -0.127. The maximum Gasteiger partial charge on any atom is 0.250 e. The van der Waals surface area contributed by atoms with Gasteiger partial charge in [-0.3, -0.25) is 19.5 Å². The Kier molecular flexibility index (Phi) is 3.95. The summed E-state index contributed by atoms with van der Waals surface area (Å²) in [4.78, 5) is 35.6. The number of carbonyl (C=O) groups excluding carboxylic acids is 2. The van der Waals surface area contributed by atoms with Crippen LogP contribution in [0.3, 0.4) is 0 Å². The first-order valence-electron chi connectivity index (χ1n) is 10.4. The molecule has 0 unspecified atom stereocenters. The van der Waals surface area contributed by atoms with E-state index in [1.54, 1.807) is 23.6 Å².